The van der Waals surface area contributed by atoms with E-state index in [-0.39, 0.29) is 23.9 Å². The van der Waals surface area contributed by atoms with E-state index >= 15 is 0 Å². The quantitative estimate of drug-likeness (QED) is 0.784. The first kappa shape index (κ1) is 17.7. The predicted octanol–water partition coefficient (Wildman–Crippen LogP) is 2.87. The van der Waals surface area contributed by atoms with Crippen molar-refractivity contribution in [3.05, 3.63) is 0 Å². The molecule has 1 aliphatic rings. The second kappa shape index (κ2) is 8.00. The molecule has 1 rings (SSSR count). The molecule has 0 aliphatic heterocycles. The van der Waals surface area contributed by atoms with E-state index in [2.05, 4.69) is 26.1 Å². The number of nitrogens with one attached hydrogen (secondary N) is 1. The van der Waals surface area contributed by atoms with Gasteiger partial charge in [0.25, 0.3) is 0 Å². The van der Waals surface area contributed by atoms with Gasteiger partial charge in [0, 0.05) is 13.0 Å². The number of hydrogen-bond acceptors (Lipinski definition) is 2. The van der Waals surface area contributed by atoms with E-state index < -0.39 is 0 Å². The molecule has 4 heteroatoms. The monoisotopic (exact) mass is 276 g/mol. The van der Waals surface area contributed by atoms with Crippen molar-refractivity contribution in [2.45, 2.75) is 64.8 Å². The summed E-state index contributed by atoms with van der Waals surface area (Å²) in [5.41, 5.74) is 5.73. The average Bonchev–Trinajstić information content (AvgIpc) is 2.65. The fourth-order valence-electron chi connectivity index (χ4n) is 2.98. The van der Waals surface area contributed by atoms with Crippen molar-refractivity contribution in [1.82, 2.24) is 5.32 Å². The van der Waals surface area contributed by atoms with Crippen LogP contribution in [0.15, 0.2) is 0 Å². The molecule has 3 N–H and O–H groups in total. The summed E-state index contributed by atoms with van der Waals surface area (Å²) in [4.78, 5) is 12.0. The molecule has 0 bridgehead atoms. The molecule has 1 saturated carbocycles. The van der Waals surface area contributed by atoms with Crippen molar-refractivity contribution in [1.29, 1.82) is 0 Å². The van der Waals surface area contributed by atoms with Crippen LogP contribution in [-0.2, 0) is 4.79 Å². The molecule has 0 spiro atoms. The van der Waals surface area contributed by atoms with Gasteiger partial charge in [-0.1, -0.05) is 33.6 Å². The van der Waals surface area contributed by atoms with Gasteiger partial charge in [0.05, 0.1) is 5.54 Å². The molecule has 0 aromatic rings. The first-order valence-corrected chi connectivity index (χ1v) is 6.98. The third-order valence-electron chi connectivity index (χ3n) is 3.76. The second-order valence-corrected chi connectivity index (χ2v) is 6.18. The van der Waals surface area contributed by atoms with Gasteiger partial charge in [-0.15, -0.1) is 12.4 Å². The van der Waals surface area contributed by atoms with Gasteiger partial charge in [-0.25, -0.2) is 0 Å². The molecule has 1 aliphatic carbocycles. The van der Waals surface area contributed by atoms with Crippen LogP contribution in [0.4, 0.5) is 0 Å². The molecule has 0 radical (unpaired) electrons. The molecule has 0 aromatic heterocycles. The maximum atomic E-state index is 12.0. The topological polar surface area (TPSA) is 55.1 Å². The van der Waals surface area contributed by atoms with Gasteiger partial charge in [0.1, 0.15) is 0 Å². The van der Waals surface area contributed by atoms with Crippen LogP contribution in [-0.4, -0.2) is 18.0 Å². The van der Waals surface area contributed by atoms with Gasteiger partial charge >= 0.3 is 0 Å². The summed E-state index contributed by atoms with van der Waals surface area (Å²) in [6.45, 7) is 7.14. The Labute approximate surface area is 118 Å². The number of rotatable bonds is 6. The Morgan fingerprint density at radius 2 is 1.83 bits per heavy atom. The minimum atomic E-state index is -0.0887. The second-order valence-electron chi connectivity index (χ2n) is 6.18. The van der Waals surface area contributed by atoms with Crippen molar-refractivity contribution in [2.75, 3.05) is 6.54 Å². The summed E-state index contributed by atoms with van der Waals surface area (Å²) in [7, 11) is 0. The summed E-state index contributed by atoms with van der Waals surface area (Å²) >= 11 is 0. The van der Waals surface area contributed by atoms with E-state index in [4.69, 9.17) is 5.73 Å². The van der Waals surface area contributed by atoms with Crippen LogP contribution in [0.25, 0.3) is 0 Å². The normalized spacial score (nSPS) is 19.4. The summed E-state index contributed by atoms with van der Waals surface area (Å²) < 4.78 is 0. The lowest BCUT2D eigenvalue weighted by atomic mass is 9.93. The summed E-state index contributed by atoms with van der Waals surface area (Å²) in [5.74, 6) is 1.31. The van der Waals surface area contributed by atoms with Crippen molar-refractivity contribution in [3.63, 3.8) is 0 Å². The fourth-order valence-corrected chi connectivity index (χ4v) is 2.98. The third kappa shape index (κ3) is 5.57. The molecular formula is C14H29ClN2O. The maximum Gasteiger partial charge on any atom is 0.220 e. The highest BCUT2D eigenvalue weighted by Crippen LogP contribution is 2.29. The van der Waals surface area contributed by atoms with Crippen LogP contribution in [0.2, 0.25) is 0 Å². The predicted molar refractivity (Wildman–Crippen MR) is 78.9 cm³/mol. The molecule has 108 valence electrons. The number of amides is 1. The van der Waals surface area contributed by atoms with Gasteiger partial charge in [0.15, 0.2) is 0 Å². The molecule has 1 atom stereocenters. The highest BCUT2D eigenvalue weighted by atomic mass is 35.5. The third-order valence-corrected chi connectivity index (χ3v) is 3.76. The fraction of sp³-hybridized carbons (Fsp3) is 0.929. The smallest absolute Gasteiger partial charge is 0.220 e. The highest BCUT2D eigenvalue weighted by Gasteiger charge is 2.33. The van der Waals surface area contributed by atoms with Crippen molar-refractivity contribution in [3.8, 4) is 0 Å². The lowest BCUT2D eigenvalue weighted by molar-refractivity contribution is -0.123. The zero-order valence-electron chi connectivity index (χ0n) is 12.0. The standard InChI is InChI=1S/C14H28N2O.ClH/c1-11(2)8-12(3)9-13(17)16-14(10-15)6-4-5-7-14;/h11-12H,4-10,15H2,1-3H3,(H,16,17);1H. The lowest BCUT2D eigenvalue weighted by Gasteiger charge is -2.29. The summed E-state index contributed by atoms with van der Waals surface area (Å²) in [6.07, 6.45) is 6.24. The molecule has 18 heavy (non-hydrogen) atoms. The zero-order chi connectivity index (χ0) is 12.9. The van der Waals surface area contributed by atoms with E-state index in [1.165, 1.54) is 12.8 Å². The number of carbonyl (C=O) groups is 1. The molecule has 1 amide bonds. The van der Waals surface area contributed by atoms with Crippen LogP contribution in [0.5, 0.6) is 0 Å². The molecule has 1 unspecified atom stereocenters. The van der Waals surface area contributed by atoms with E-state index in [9.17, 15) is 4.79 Å². The largest absolute Gasteiger partial charge is 0.349 e. The highest BCUT2D eigenvalue weighted by molar-refractivity contribution is 5.85. The van der Waals surface area contributed by atoms with Crippen LogP contribution in [0.3, 0.4) is 0 Å². The van der Waals surface area contributed by atoms with Crippen LogP contribution in [0.1, 0.15) is 59.3 Å². The van der Waals surface area contributed by atoms with E-state index in [1.807, 2.05) is 0 Å². The van der Waals surface area contributed by atoms with Gasteiger partial charge in [-0.05, 0) is 31.1 Å². The average molecular weight is 277 g/mol. The molecule has 3 nitrogen and oxygen atoms in total. The molecule has 0 heterocycles. The Bertz CT molecular complexity index is 250. The molecule has 1 fully saturated rings. The van der Waals surface area contributed by atoms with Gasteiger partial charge in [0.2, 0.25) is 5.91 Å². The molecular weight excluding hydrogens is 248 g/mol. The van der Waals surface area contributed by atoms with Gasteiger partial charge in [-0.2, -0.15) is 0 Å². The van der Waals surface area contributed by atoms with Crippen molar-refractivity contribution in [2.24, 2.45) is 17.6 Å². The van der Waals surface area contributed by atoms with Crippen LogP contribution >= 0.6 is 12.4 Å². The van der Waals surface area contributed by atoms with E-state index in [0.29, 0.717) is 24.8 Å². The Balaban J connectivity index is 0.00000289. The number of nitrogens with two attached hydrogens (primary N) is 1. The van der Waals surface area contributed by atoms with E-state index in [1.54, 1.807) is 0 Å². The van der Waals surface area contributed by atoms with Crippen LogP contribution < -0.4 is 11.1 Å². The molecule has 0 aromatic carbocycles. The minimum absolute atomic E-state index is 0. The first-order chi connectivity index (χ1) is 7.97. The van der Waals surface area contributed by atoms with Crippen molar-refractivity contribution < 1.29 is 4.79 Å². The van der Waals surface area contributed by atoms with E-state index in [0.717, 1.165) is 19.3 Å². The van der Waals surface area contributed by atoms with Gasteiger partial charge in [-0.3, -0.25) is 4.79 Å². The Morgan fingerprint density at radius 3 is 2.28 bits per heavy atom. The Morgan fingerprint density at radius 1 is 1.28 bits per heavy atom. The zero-order valence-corrected chi connectivity index (χ0v) is 12.8. The molecule has 0 saturated heterocycles. The number of hydrogen-bond donors (Lipinski definition) is 2. The Hall–Kier alpha value is -0.280. The first-order valence-electron chi connectivity index (χ1n) is 6.98. The summed E-state index contributed by atoms with van der Waals surface area (Å²) in [6, 6.07) is 0. The number of halogens is 1. The SMILES string of the molecule is CC(C)CC(C)CC(=O)NC1(CN)CCCC1.Cl. The van der Waals surface area contributed by atoms with Crippen molar-refractivity contribution >= 4 is 18.3 Å². The summed E-state index contributed by atoms with van der Waals surface area (Å²) in [5, 5.41) is 3.18. The van der Waals surface area contributed by atoms with Crippen LogP contribution in [0, 0.1) is 11.8 Å². The maximum absolute atomic E-state index is 12.0. The van der Waals surface area contributed by atoms with Gasteiger partial charge < -0.3 is 11.1 Å². The lowest BCUT2D eigenvalue weighted by Crippen LogP contribution is -2.51. The Kier molecular flexibility index (Phi) is 7.88. The minimum Gasteiger partial charge on any atom is -0.349 e. The number of carbonyl (C=O) groups excluding carboxylic acids is 1.